The molecular weight excluding hydrogens is 266 g/mol. The van der Waals surface area contributed by atoms with Crippen molar-refractivity contribution in [2.75, 3.05) is 6.61 Å². The summed E-state index contributed by atoms with van der Waals surface area (Å²) >= 11 is 6.20. The molecule has 1 heterocycles. The minimum absolute atomic E-state index is 0.0123. The van der Waals surface area contributed by atoms with E-state index in [2.05, 4.69) is 0 Å². The predicted molar refractivity (Wildman–Crippen MR) is 72.3 cm³/mol. The van der Waals surface area contributed by atoms with Gasteiger partial charge in [0.05, 0.1) is 17.7 Å². The van der Waals surface area contributed by atoms with E-state index < -0.39 is 12.7 Å². The SMILES string of the molecule is Cc1cc(OC[C@](C)(N)C#N)c(Cl)c2c1COB2O. The van der Waals surface area contributed by atoms with Crippen molar-refractivity contribution in [3.63, 3.8) is 0 Å². The highest BCUT2D eigenvalue weighted by Crippen LogP contribution is 2.30. The van der Waals surface area contributed by atoms with Gasteiger partial charge in [-0.25, -0.2) is 0 Å². The van der Waals surface area contributed by atoms with Crippen LogP contribution in [0.1, 0.15) is 18.1 Å². The van der Waals surface area contributed by atoms with E-state index in [4.69, 9.17) is 32.0 Å². The number of rotatable bonds is 3. The van der Waals surface area contributed by atoms with Gasteiger partial charge in [-0.3, -0.25) is 0 Å². The van der Waals surface area contributed by atoms with Crippen molar-refractivity contribution in [1.29, 1.82) is 5.26 Å². The van der Waals surface area contributed by atoms with Crippen molar-refractivity contribution in [3.8, 4) is 11.8 Å². The van der Waals surface area contributed by atoms with Gasteiger partial charge in [-0.15, -0.1) is 0 Å². The summed E-state index contributed by atoms with van der Waals surface area (Å²) in [6.45, 7) is 3.79. The van der Waals surface area contributed by atoms with Crippen LogP contribution in [0.3, 0.4) is 0 Å². The number of fused-ring (bicyclic) bond motifs is 1. The Kier molecular flexibility index (Phi) is 3.74. The zero-order chi connectivity index (χ0) is 14.2. The Morgan fingerprint density at radius 1 is 1.74 bits per heavy atom. The molecule has 0 radical (unpaired) electrons. The van der Waals surface area contributed by atoms with Gasteiger partial charge in [-0.2, -0.15) is 5.26 Å². The molecule has 0 aliphatic carbocycles. The number of aryl methyl sites for hydroxylation is 1. The van der Waals surface area contributed by atoms with Crippen LogP contribution in [0.2, 0.25) is 5.02 Å². The molecular formula is C12H14BClN2O3. The molecule has 1 aliphatic rings. The first-order valence-electron chi connectivity index (χ1n) is 5.80. The van der Waals surface area contributed by atoms with Gasteiger partial charge < -0.3 is 20.1 Å². The summed E-state index contributed by atoms with van der Waals surface area (Å²) in [5.41, 5.74) is 6.93. The highest BCUT2D eigenvalue weighted by atomic mass is 35.5. The van der Waals surface area contributed by atoms with E-state index in [0.29, 0.717) is 22.8 Å². The molecule has 0 unspecified atom stereocenters. The lowest BCUT2D eigenvalue weighted by Crippen LogP contribution is -2.41. The molecule has 0 bridgehead atoms. The maximum Gasteiger partial charge on any atom is 0.493 e. The normalized spacial score (nSPS) is 16.7. The molecule has 1 aliphatic heterocycles. The minimum Gasteiger partial charge on any atom is -0.489 e. The lowest BCUT2D eigenvalue weighted by Gasteiger charge is -2.18. The molecule has 0 fully saturated rings. The molecule has 1 aromatic rings. The molecule has 3 N–H and O–H groups in total. The molecule has 0 saturated carbocycles. The average molecular weight is 281 g/mol. The third-order valence-electron chi connectivity index (χ3n) is 3.02. The highest BCUT2D eigenvalue weighted by molar-refractivity contribution is 6.65. The van der Waals surface area contributed by atoms with Gasteiger partial charge in [0.1, 0.15) is 17.9 Å². The van der Waals surface area contributed by atoms with Crippen LogP contribution < -0.4 is 15.9 Å². The molecule has 2 rings (SSSR count). The van der Waals surface area contributed by atoms with Crippen LogP contribution in [0.25, 0.3) is 0 Å². The van der Waals surface area contributed by atoms with Gasteiger partial charge in [0.25, 0.3) is 0 Å². The maximum absolute atomic E-state index is 9.75. The summed E-state index contributed by atoms with van der Waals surface area (Å²) in [4.78, 5) is 0. The number of nitriles is 1. The summed E-state index contributed by atoms with van der Waals surface area (Å²) in [7, 11) is -1.04. The number of hydrogen-bond acceptors (Lipinski definition) is 5. The number of nitrogens with two attached hydrogens (primary N) is 1. The van der Waals surface area contributed by atoms with Crippen molar-refractivity contribution < 1.29 is 14.4 Å². The third kappa shape index (κ3) is 2.70. The van der Waals surface area contributed by atoms with Gasteiger partial charge in [-0.1, -0.05) is 11.6 Å². The monoisotopic (exact) mass is 280 g/mol. The zero-order valence-electron chi connectivity index (χ0n) is 10.7. The van der Waals surface area contributed by atoms with Crippen molar-refractivity contribution in [2.24, 2.45) is 5.73 Å². The number of hydrogen-bond donors (Lipinski definition) is 2. The number of benzene rings is 1. The Hall–Kier alpha value is -1.26. The van der Waals surface area contributed by atoms with Crippen molar-refractivity contribution >= 4 is 24.2 Å². The van der Waals surface area contributed by atoms with Crippen molar-refractivity contribution in [3.05, 3.63) is 22.2 Å². The topological polar surface area (TPSA) is 88.5 Å². The van der Waals surface area contributed by atoms with E-state index >= 15 is 0 Å². The van der Waals surface area contributed by atoms with Crippen molar-refractivity contribution in [2.45, 2.75) is 26.0 Å². The van der Waals surface area contributed by atoms with E-state index in [1.54, 1.807) is 13.0 Å². The molecule has 0 saturated heterocycles. The highest BCUT2D eigenvalue weighted by Gasteiger charge is 2.33. The first-order valence-corrected chi connectivity index (χ1v) is 6.18. The lowest BCUT2D eigenvalue weighted by atomic mass is 9.78. The number of nitrogens with zero attached hydrogens (tertiary/aromatic N) is 1. The summed E-state index contributed by atoms with van der Waals surface area (Å²) in [5, 5.41) is 18.9. The third-order valence-corrected chi connectivity index (χ3v) is 3.41. The summed E-state index contributed by atoms with van der Waals surface area (Å²) < 4.78 is 10.6. The molecule has 7 heteroatoms. The van der Waals surface area contributed by atoms with Gasteiger partial charge in [0.2, 0.25) is 0 Å². The first kappa shape index (κ1) is 14.2. The fourth-order valence-corrected chi connectivity index (χ4v) is 2.20. The Labute approximate surface area is 117 Å². The molecule has 5 nitrogen and oxygen atoms in total. The predicted octanol–water partition coefficient (Wildman–Crippen LogP) is 0.486. The summed E-state index contributed by atoms with van der Waals surface area (Å²) in [6.07, 6.45) is 0. The van der Waals surface area contributed by atoms with Crippen molar-refractivity contribution in [1.82, 2.24) is 0 Å². The second-order valence-electron chi connectivity index (χ2n) is 4.88. The van der Waals surface area contributed by atoms with Crippen LogP contribution in [0, 0.1) is 18.3 Å². The molecule has 1 atom stereocenters. The fraction of sp³-hybridized carbons (Fsp3) is 0.417. The first-order chi connectivity index (χ1) is 8.85. The van der Waals surface area contributed by atoms with Crippen LogP contribution >= 0.6 is 11.6 Å². The van der Waals surface area contributed by atoms with E-state index in [-0.39, 0.29) is 6.61 Å². The standard InChI is InChI=1S/C12H14BClN2O3/c1-7-3-9(18-6-12(2,16)5-15)11(14)10-8(7)4-19-13(10)17/h3,17H,4,6,16H2,1-2H3/t12-/m1/s1. The largest absolute Gasteiger partial charge is 0.493 e. The van der Waals surface area contributed by atoms with Crippen LogP contribution in [-0.4, -0.2) is 24.3 Å². The quantitative estimate of drug-likeness (QED) is 0.787. The van der Waals surface area contributed by atoms with E-state index in [1.165, 1.54) is 0 Å². The maximum atomic E-state index is 9.75. The smallest absolute Gasteiger partial charge is 0.489 e. The Bertz CT molecular complexity index is 557. The second kappa shape index (κ2) is 5.02. The Morgan fingerprint density at radius 3 is 3.05 bits per heavy atom. The summed E-state index contributed by atoms with van der Waals surface area (Å²) in [5.74, 6) is 0.398. The molecule has 100 valence electrons. The van der Waals surface area contributed by atoms with Gasteiger partial charge >= 0.3 is 7.12 Å². The van der Waals surface area contributed by atoms with Crippen LogP contribution in [-0.2, 0) is 11.3 Å². The van der Waals surface area contributed by atoms with Crippen LogP contribution in [0.5, 0.6) is 5.75 Å². The van der Waals surface area contributed by atoms with Gasteiger partial charge in [0.15, 0.2) is 0 Å². The van der Waals surface area contributed by atoms with Crippen LogP contribution in [0.15, 0.2) is 6.07 Å². The Morgan fingerprint density at radius 2 is 2.42 bits per heavy atom. The number of halogens is 1. The van der Waals surface area contributed by atoms with Gasteiger partial charge in [-0.05, 0) is 31.0 Å². The average Bonchev–Trinajstić information content (AvgIpc) is 2.75. The Balaban J connectivity index is 2.31. The van der Waals surface area contributed by atoms with E-state index in [9.17, 15) is 5.02 Å². The minimum atomic E-state index is -1.09. The lowest BCUT2D eigenvalue weighted by molar-refractivity contribution is 0.265. The molecule has 0 spiro atoms. The van der Waals surface area contributed by atoms with Gasteiger partial charge in [0, 0.05) is 5.46 Å². The second-order valence-corrected chi connectivity index (χ2v) is 5.26. The molecule has 0 amide bonds. The molecule has 19 heavy (non-hydrogen) atoms. The molecule has 1 aromatic carbocycles. The summed E-state index contributed by atoms with van der Waals surface area (Å²) in [6, 6.07) is 3.70. The van der Waals surface area contributed by atoms with E-state index in [1.807, 2.05) is 13.0 Å². The van der Waals surface area contributed by atoms with E-state index in [0.717, 1.165) is 11.1 Å². The zero-order valence-corrected chi connectivity index (χ0v) is 11.5. The van der Waals surface area contributed by atoms with Crippen LogP contribution in [0.4, 0.5) is 0 Å². The fourth-order valence-electron chi connectivity index (χ4n) is 1.88. The molecule has 0 aromatic heterocycles. The number of ether oxygens (including phenoxy) is 1.